The molecule has 0 spiro atoms. The first-order chi connectivity index (χ1) is 8.13. The fraction of sp³-hybridized carbons (Fsp3) is 0.714. The van der Waals surface area contributed by atoms with Crippen LogP contribution in [0.15, 0.2) is 12.1 Å². The van der Waals surface area contributed by atoms with Crippen LogP contribution in [0.5, 0.6) is 0 Å². The molecule has 0 amide bonds. The Kier molecular flexibility index (Phi) is 4.23. The third-order valence-electron chi connectivity index (χ3n) is 3.73. The fourth-order valence-corrected chi connectivity index (χ4v) is 3.45. The lowest BCUT2D eigenvalue weighted by atomic mass is 10.0. The van der Waals surface area contributed by atoms with Gasteiger partial charge in [-0.15, -0.1) is 11.3 Å². The number of thiophene rings is 1. The third-order valence-corrected chi connectivity index (χ3v) is 5.14. The van der Waals surface area contributed by atoms with E-state index in [9.17, 15) is 5.11 Å². The molecule has 1 aromatic rings. The minimum absolute atomic E-state index is 0.352. The number of hydrogen-bond acceptors (Lipinski definition) is 3. The maximum Gasteiger partial charge on any atom is 0.0771 e. The molecule has 17 heavy (non-hydrogen) atoms. The lowest BCUT2D eigenvalue weighted by Gasteiger charge is -2.24. The summed E-state index contributed by atoms with van der Waals surface area (Å²) in [6, 6.07) is 4.77. The van der Waals surface area contributed by atoms with Crippen LogP contribution in [0.4, 0.5) is 0 Å². The second-order valence-electron chi connectivity index (χ2n) is 5.19. The summed E-state index contributed by atoms with van der Waals surface area (Å²) in [6.07, 6.45) is 5.37. The van der Waals surface area contributed by atoms with Gasteiger partial charge in [-0.3, -0.25) is 0 Å². The zero-order valence-corrected chi connectivity index (χ0v) is 11.6. The van der Waals surface area contributed by atoms with Gasteiger partial charge < -0.3 is 10.4 Å². The smallest absolute Gasteiger partial charge is 0.0771 e. The van der Waals surface area contributed by atoms with Crippen LogP contribution >= 0.6 is 11.3 Å². The molecule has 1 aromatic heterocycles. The zero-order valence-electron chi connectivity index (χ0n) is 10.8. The Labute approximate surface area is 108 Å². The van der Waals surface area contributed by atoms with E-state index >= 15 is 0 Å². The number of rotatable bonds is 5. The van der Waals surface area contributed by atoms with Crippen molar-refractivity contribution in [1.29, 1.82) is 0 Å². The van der Waals surface area contributed by atoms with Crippen LogP contribution in [0.1, 0.15) is 55.3 Å². The van der Waals surface area contributed by atoms with Crippen molar-refractivity contribution in [2.24, 2.45) is 0 Å². The Hall–Kier alpha value is -0.380. The van der Waals surface area contributed by atoms with Crippen molar-refractivity contribution >= 4 is 11.3 Å². The number of aryl methyl sites for hydroxylation is 1. The van der Waals surface area contributed by atoms with Crippen molar-refractivity contribution in [1.82, 2.24) is 5.32 Å². The van der Waals surface area contributed by atoms with Gasteiger partial charge in [0.15, 0.2) is 0 Å². The molecule has 2 nitrogen and oxygen atoms in total. The lowest BCUT2D eigenvalue weighted by molar-refractivity contribution is 0.0454. The Balaban J connectivity index is 1.86. The normalized spacial score (nSPS) is 20.6. The second-order valence-corrected chi connectivity index (χ2v) is 6.39. The van der Waals surface area contributed by atoms with Crippen molar-refractivity contribution in [2.45, 2.75) is 57.6 Å². The van der Waals surface area contributed by atoms with Crippen LogP contribution in [0.3, 0.4) is 0 Å². The topological polar surface area (TPSA) is 32.3 Å². The highest BCUT2D eigenvalue weighted by Crippen LogP contribution is 2.30. The number of nitrogens with one attached hydrogen (secondary N) is 1. The predicted octanol–water partition coefficient (Wildman–Crippen LogP) is 3.27. The first-order valence-corrected chi connectivity index (χ1v) is 7.49. The maximum absolute atomic E-state index is 10.3. The fourth-order valence-electron chi connectivity index (χ4n) is 2.47. The van der Waals surface area contributed by atoms with E-state index in [4.69, 9.17) is 0 Å². The van der Waals surface area contributed by atoms with Gasteiger partial charge in [0.25, 0.3) is 0 Å². The molecule has 1 fully saturated rings. The summed E-state index contributed by atoms with van der Waals surface area (Å²) >= 11 is 1.88. The van der Waals surface area contributed by atoms with Crippen molar-refractivity contribution in [3.8, 4) is 0 Å². The highest BCUT2D eigenvalue weighted by molar-refractivity contribution is 7.12. The Bertz CT molecular complexity index is 355. The molecule has 96 valence electrons. The Morgan fingerprint density at radius 2 is 2.12 bits per heavy atom. The minimum atomic E-state index is -0.445. The van der Waals surface area contributed by atoms with Gasteiger partial charge in [0, 0.05) is 22.3 Å². The summed E-state index contributed by atoms with van der Waals surface area (Å²) in [5.41, 5.74) is -0.445. The van der Waals surface area contributed by atoms with Crippen molar-refractivity contribution in [2.75, 3.05) is 6.54 Å². The van der Waals surface area contributed by atoms with E-state index in [1.807, 2.05) is 11.3 Å². The molecule has 0 saturated heterocycles. The third kappa shape index (κ3) is 3.30. The average Bonchev–Trinajstić information content (AvgIpc) is 2.95. The van der Waals surface area contributed by atoms with Gasteiger partial charge in [0.1, 0.15) is 0 Å². The summed E-state index contributed by atoms with van der Waals surface area (Å²) in [4.78, 5) is 2.82. The molecule has 1 aliphatic carbocycles. The summed E-state index contributed by atoms with van der Waals surface area (Å²) in [5.74, 6) is 0. The van der Waals surface area contributed by atoms with Crippen LogP contribution in [-0.4, -0.2) is 17.3 Å². The predicted molar refractivity (Wildman–Crippen MR) is 73.5 cm³/mol. The van der Waals surface area contributed by atoms with E-state index in [1.165, 1.54) is 22.6 Å². The second kappa shape index (κ2) is 5.51. The largest absolute Gasteiger partial charge is 0.389 e. The zero-order chi connectivity index (χ0) is 12.3. The Morgan fingerprint density at radius 1 is 1.41 bits per heavy atom. The highest BCUT2D eigenvalue weighted by Gasteiger charge is 2.31. The molecule has 2 N–H and O–H groups in total. The van der Waals surface area contributed by atoms with E-state index in [0.717, 1.165) is 25.8 Å². The first kappa shape index (κ1) is 13.1. The van der Waals surface area contributed by atoms with E-state index in [-0.39, 0.29) is 0 Å². The van der Waals surface area contributed by atoms with Crippen LogP contribution < -0.4 is 5.32 Å². The summed E-state index contributed by atoms with van der Waals surface area (Å²) in [5, 5.41) is 13.8. The summed E-state index contributed by atoms with van der Waals surface area (Å²) < 4.78 is 0. The van der Waals surface area contributed by atoms with Crippen molar-refractivity contribution < 1.29 is 5.11 Å². The van der Waals surface area contributed by atoms with E-state index in [1.54, 1.807) is 0 Å². The molecule has 0 radical (unpaired) electrons. The molecular weight excluding hydrogens is 230 g/mol. The molecule has 0 aliphatic heterocycles. The molecule has 0 aromatic carbocycles. The van der Waals surface area contributed by atoms with E-state index in [0.29, 0.717) is 6.04 Å². The van der Waals surface area contributed by atoms with E-state index < -0.39 is 5.60 Å². The standard InChI is InChI=1S/C14H23NOS/c1-3-12-6-7-13(17-12)11(2)15-10-14(16)8-4-5-9-14/h6-7,11,15-16H,3-5,8-10H2,1-2H3. The van der Waals surface area contributed by atoms with Gasteiger partial charge in [-0.1, -0.05) is 19.8 Å². The van der Waals surface area contributed by atoms with Crippen LogP contribution in [-0.2, 0) is 6.42 Å². The van der Waals surface area contributed by atoms with Gasteiger partial charge >= 0.3 is 0 Å². The molecule has 3 heteroatoms. The molecule has 1 saturated carbocycles. The van der Waals surface area contributed by atoms with Crippen LogP contribution in [0.25, 0.3) is 0 Å². The average molecular weight is 253 g/mol. The van der Waals surface area contributed by atoms with Crippen LogP contribution in [0.2, 0.25) is 0 Å². The molecule has 2 rings (SSSR count). The molecular formula is C14H23NOS. The van der Waals surface area contributed by atoms with Crippen molar-refractivity contribution in [3.63, 3.8) is 0 Å². The minimum Gasteiger partial charge on any atom is -0.389 e. The lowest BCUT2D eigenvalue weighted by Crippen LogP contribution is -2.38. The highest BCUT2D eigenvalue weighted by atomic mass is 32.1. The SMILES string of the molecule is CCc1ccc(C(C)NCC2(O)CCCC2)s1. The number of hydrogen-bond donors (Lipinski definition) is 2. The molecule has 1 aliphatic rings. The summed E-state index contributed by atoms with van der Waals surface area (Å²) in [7, 11) is 0. The molecule has 1 unspecified atom stereocenters. The quantitative estimate of drug-likeness (QED) is 0.844. The van der Waals surface area contributed by atoms with Gasteiger partial charge in [-0.2, -0.15) is 0 Å². The van der Waals surface area contributed by atoms with Gasteiger partial charge in [-0.05, 0) is 38.3 Å². The molecule has 1 atom stereocenters. The van der Waals surface area contributed by atoms with Crippen LogP contribution in [0, 0.1) is 0 Å². The molecule has 1 heterocycles. The monoisotopic (exact) mass is 253 g/mol. The summed E-state index contributed by atoms with van der Waals surface area (Å²) in [6.45, 7) is 5.10. The van der Waals surface area contributed by atoms with Gasteiger partial charge in [0.2, 0.25) is 0 Å². The van der Waals surface area contributed by atoms with Gasteiger partial charge in [-0.25, -0.2) is 0 Å². The maximum atomic E-state index is 10.3. The Morgan fingerprint density at radius 3 is 2.71 bits per heavy atom. The first-order valence-electron chi connectivity index (χ1n) is 6.67. The molecule has 0 bridgehead atoms. The van der Waals surface area contributed by atoms with E-state index in [2.05, 4.69) is 31.3 Å². The van der Waals surface area contributed by atoms with Crippen molar-refractivity contribution in [3.05, 3.63) is 21.9 Å². The number of aliphatic hydroxyl groups is 1. The van der Waals surface area contributed by atoms with Gasteiger partial charge in [0.05, 0.1) is 5.60 Å².